The van der Waals surface area contributed by atoms with Gasteiger partial charge in [0.25, 0.3) is 0 Å². The summed E-state index contributed by atoms with van der Waals surface area (Å²) in [5.74, 6) is 0.975. The van der Waals surface area contributed by atoms with Crippen LogP contribution >= 0.6 is 0 Å². The maximum absolute atomic E-state index is 12.2. The van der Waals surface area contributed by atoms with Gasteiger partial charge in [0, 0.05) is 17.9 Å². The van der Waals surface area contributed by atoms with E-state index in [1.807, 2.05) is 0 Å². The first-order chi connectivity index (χ1) is 10.2. The molecule has 2 saturated carbocycles. The highest BCUT2D eigenvalue weighted by atomic mass is 16.3. The summed E-state index contributed by atoms with van der Waals surface area (Å²) in [4.78, 5) is 12.2. The fraction of sp³-hybridized carbons (Fsp3) is 0.611. The smallest absolute Gasteiger partial charge is 0.223 e. The van der Waals surface area contributed by atoms with Gasteiger partial charge >= 0.3 is 0 Å². The molecule has 0 aliphatic heterocycles. The van der Waals surface area contributed by atoms with Gasteiger partial charge in [-0.15, -0.1) is 0 Å². The van der Waals surface area contributed by atoms with Gasteiger partial charge < -0.3 is 10.4 Å². The largest absolute Gasteiger partial charge is 0.396 e. The normalized spacial score (nSPS) is 27.1. The molecular weight excluding hydrogens is 262 g/mol. The van der Waals surface area contributed by atoms with E-state index in [1.54, 1.807) is 0 Å². The molecule has 114 valence electrons. The zero-order chi connectivity index (χ0) is 14.7. The van der Waals surface area contributed by atoms with Crippen molar-refractivity contribution in [2.45, 2.75) is 44.4 Å². The van der Waals surface area contributed by atoms with Crippen LogP contribution in [0.1, 0.15) is 50.0 Å². The third-order valence-electron chi connectivity index (χ3n) is 5.30. The minimum absolute atomic E-state index is 0.0108. The Morgan fingerprint density at radius 3 is 2.38 bits per heavy atom. The van der Waals surface area contributed by atoms with E-state index in [-0.39, 0.29) is 23.8 Å². The number of benzene rings is 1. The van der Waals surface area contributed by atoms with Crippen LogP contribution in [0.2, 0.25) is 0 Å². The Morgan fingerprint density at radius 1 is 1.14 bits per heavy atom. The number of nitrogens with one attached hydrogen (secondary N) is 1. The Labute approximate surface area is 126 Å². The minimum atomic E-state index is 0.0108. The van der Waals surface area contributed by atoms with Crippen LogP contribution in [0.3, 0.4) is 0 Å². The first kappa shape index (κ1) is 14.6. The summed E-state index contributed by atoms with van der Waals surface area (Å²) in [7, 11) is 0. The molecule has 3 nitrogen and oxygen atoms in total. The van der Waals surface area contributed by atoms with Crippen molar-refractivity contribution in [3.05, 3.63) is 35.9 Å². The van der Waals surface area contributed by atoms with E-state index in [2.05, 4.69) is 35.6 Å². The SMILES string of the molecule is O=C(NCC1(CO)CC1)C1CCC(c2ccccc2)CC1. The van der Waals surface area contributed by atoms with Gasteiger partial charge in [0.15, 0.2) is 0 Å². The van der Waals surface area contributed by atoms with Crippen molar-refractivity contribution in [1.82, 2.24) is 5.32 Å². The van der Waals surface area contributed by atoms with Gasteiger partial charge in [-0.2, -0.15) is 0 Å². The van der Waals surface area contributed by atoms with Crippen LogP contribution in [0.4, 0.5) is 0 Å². The summed E-state index contributed by atoms with van der Waals surface area (Å²) in [6.45, 7) is 0.856. The van der Waals surface area contributed by atoms with Gasteiger partial charge in [-0.25, -0.2) is 0 Å². The molecule has 3 rings (SSSR count). The molecule has 0 heterocycles. The van der Waals surface area contributed by atoms with E-state index < -0.39 is 0 Å². The van der Waals surface area contributed by atoms with Gasteiger partial charge in [0.05, 0.1) is 6.61 Å². The number of carbonyl (C=O) groups is 1. The molecule has 1 aromatic carbocycles. The number of carbonyl (C=O) groups excluding carboxylic acids is 1. The molecule has 0 atom stereocenters. The summed E-state index contributed by atoms with van der Waals surface area (Å²) in [6, 6.07) is 10.6. The molecule has 0 spiro atoms. The summed E-state index contributed by atoms with van der Waals surface area (Å²) in [6.07, 6.45) is 6.27. The lowest BCUT2D eigenvalue weighted by atomic mass is 9.78. The van der Waals surface area contributed by atoms with Gasteiger partial charge in [-0.05, 0) is 50.0 Å². The lowest BCUT2D eigenvalue weighted by Crippen LogP contribution is -2.37. The molecule has 3 heteroatoms. The predicted octanol–water partition coefficient (Wildman–Crippen LogP) is 2.85. The Morgan fingerprint density at radius 2 is 1.81 bits per heavy atom. The minimum Gasteiger partial charge on any atom is -0.396 e. The zero-order valence-corrected chi connectivity index (χ0v) is 12.6. The quantitative estimate of drug-likeness (QED) is 0.875. The third-order valence-corrected chi connectivity index (χ3v) is 5.30. The van der Waals surface area contributed by atoms with Crippen molar-refractivity contribution in [2.24, 2.45) is 11.3 Å². The topological polar surface area (TPSA) is 49.3 Å². The first-order valence-corrected chi connectivity index (χ1v) is 8.16. The van der Waals surface area contributed by atoms with Crippen LogP contribution in [-0.2, 0) is 4.79 Å². The Hall–Kier alpha value is -1.35. The average molecular weight is 287 g/mol. The monoisotopic (exact) mass is 287 g/mol. The lowest BCUT2D eigenvalue weighted by Gasteiger charge is -2.28. The van der Waals surface area contributed by atoms with Crippen LogP contribution in [0.5, 0.6) is 0 Å². The summed E-state index contributed by atoms with van der Waals surface area (Å²) >= 11 is 0. The molecule has 0 unspecified atom stereocenters. The molecule has 2 fully saturated rings. The maximum Gasteiger partial charge on any atom is 0.223 e. The molecule has 0 bridgehead atoms. The van der Waals surface area contributed by atoms with Crippen LogP contribution in [0.25, 0.3) is 0 Å². The maximum atomic E-state index is 12.2. The molecule has 21 heavy (non-hydrogen) atoms. The number of hydrogen-bond donors (Lipinski definition) is 2. The van der Waals surface area contributed by atoms with Gasteiger partial charge in [0.2, 0.25) is 5.91 Å². The highest BCUT2D eigenvalue weighted by Gasteiger charge is 2.42. The third kappa shape index (κ3) is 3.46. The molecule has 1 aromatic rings. The first-order valence-electron chi connectivity index (χ1n) is 8.16. The van der Waals surface area contributed by atoms with E-state index >= 15 is 0 Å². The van der Waals surface area contributed by atoms with E-state index in [0.29, 0.717) is 12.5 Å². The number of hydrogen-bond acceptors (Lipinski definition) is 2. The lowest BCUT2D eigenvalue weighted by molar-refractivity contribution is -0.126. The van der Waals surface area contributed by atoms with Crippen LogP contribution < -0.4 is 5.32 Å². The molecule has 2 aliphatic rings. The highest BCUT2D eigenvalue weighted by Crippen LogP contribution is 2.44. The Bertz CT molecular complexity index is 473. The fourth-order valence-corrected chi connectivity index (χ4v) is 3.40. The van der Waals surface area contributed by atoms with Crippen molar-refractivity contribution < 1.29 is 9.90 Å². The predicted molar refractivity (Wildman–Crippen MR) is 82.9 cm³/mol. The summed E-state index contributed by atoms with van der Waals surface area (Å²) in [5.41, 5.74) is 1.42. The van der Waals surface area contributed by atoms with Crippen molar-refractivity contribution in [3.8, 4) is 0 Å². The Balaban J connectivity index is 1.46. The zero-order valence-electron chi connectivity index (χ0n) is 12.6. The van der Waals surface area contributed by atoms with Gasteiger partial charge in [-0.3, -0.25) is 4.79 Å². The standard InChI is InChI=1S/C18H25NO2/c20-13-18(10-11-18)12-19-17(21)16-8-6-15(7-9-16)14-4-2-1-3-5-14/h1-5,15-16,20H,6-13H2,(H,19,21). The number of amides is 1. The van der Waals surface area contributed by atoms with Gasteiger partial charge in [-0.1, -0.05) is 30.3 Å². The van der Waals surface area contributed by atoms with E-state index in [0.717, 1.165) is 38.5 Å². The average Bonchev–Trinajstić information content (AvgIpc) is 3.34. The second-order valence-corrected chi connectivity index (χ2v) is 6.84. The molecule has 0 radical (unpaired) electrons. The second-order valence-electron chi connectivity index (χ2n) is 6.84. The Kier molecular flexibility index (Phi) is 4.29. The highest BCUT2D eigenvalue weighted by molar-refractivity contribution is 5.78. The van der Waals surface area contributed by atoms with Crippen molar-refractivity contribution in [3.63, 3.8) is 0 Å². The van der Waals surface area contributed by atoms with Crippen molar-refractivity contribution in [1.29, 1.82) is 0 Å². The molecular formula is C18H25NO2. The van der Waals surface area contributed by atoms with E-state index in [9.17, 15) is 9.90 Å². The molecule has 0 saturated heterocycles. The molecule has 1 amide bonds. The van der Waals surface area contributed by atoms with E-state index in [1.165, 1.54) is 5.56 Å². The van der Waals surface area contributed by atoms with Crippen LogP contribution in [-0.4, -0.2) is 24.2 Å². The molecule has 0 aromatic heterocycles. The second kappa shape index (κ2) is 6.18. The number of rotatable bonds is 5. The van der Waals surface area contributed by atoms with Crippen molar-refractivity contribution in [2.75, 3.05) is 13.2 Å². The molecule has 2 N–H and O–H groups in total. The summed E-state index contributed by atoms with van der Waals surface area (Å²) in [5, 5.41) is 12.4. The summed E-state index contributed by atoms with van der Waals surface area (Å²) < 4.78 is 0. The van der Waals surface area contributed by atoms with E-state index in [4.69, 9.17) is 0 Å². The van der Waals surface area contributed by atoms with Crippen LogP contribution in [0, 0.1) is 11.3 Å². The number of aliphatic hydroxyl groups excluding tert-OH is 1. The van der Waals surface area contributed by atoms with Crippen molar-refractivity contribution >= 4 is 5.91 Å². The fourth-order valence-electron chi connectivity index (χ4n) is 3.40. The van der Waals surface area contributed by atoms with Gasteiger partial charge in [0.1, 0.15) is 0 Å². The number of aliphatic hydroxyl groups is 1. The van der Waals surface area contributed by atoms with Crippen LogP contribution in [0.15, 0.2) is 30.3 Å². The molecule has 2 aliphatic carbocycles.